The van der Waals surface area contributed by atoms with E-state index in [-0.39, 0.29) is 36.7 Å². The fourth-order valence-electron chi connectivity index (χ4n) is 4.92. The second kappa shape index (κ2) is 15.2. The Balaban J connectivity index is 1.53. The molecule has 1 aliphatic rings. The summed E-state index contributed by atoms with van der Waals surface area (Å²) in [5.74, 6) is -2.76. The zero-order chi connectivity index (χ0) is 30.7. The molecule has 42 heavy (non-hydrogen) atoms. The number of ether oxygens (including phenoxy) is 1. The Hall–Kier alpha value is -4.08. The van der Waals surface area contributed by atoms with E-state index in [4.69, 9.17) is 4.74 Å². The van der Waals surface area contributed by atoms with Crippen molar-refractivity contribution in [2.75, 3.05) is 0 Å². The zero-order valence-corrected chi connectivity index (χ0v) is 24.9. The number of rotatable bonds is 12. The molecule has 0 radical (unpaired) electrons. The molecule has 10 heteroatoms. The molecule has 226 valence electrons. The van der Waals surface area contributed by atoms with Gasteiger partial charge < -0.3 is 20.7 Å². The van der Waals surface area contributed by atoms with Gasteiger partial charge in [0, 0.05) is 25.0 Å². The summed E-state index contributed by atoms with van der Waals surface area (Å²) < 4.78 is 5.41. The van der Waals surface area contributed by atoms with Gasteiger partial charge in [0.05, 0.1) is 12.2 Å². The minimum absolute atomic E-state index is 0.0733. The van der Waals surface area contributed by atoms with Gasteiger partial charge in [-0.05, 0) is 77.0 Å². The molecule has 3 rings (SSSR count). The van der Waals surface area contributed by atoms with Gasteiger partial charge in [0.25, 0.3) is 5.91 Å². The van der Waals surface area contributed by atoms with Crippen molar-refractivity contribution in [3.05, 3.63) is 66.0 Å². The quantitative estimate of drug-likeness (QED) is 0.259. The second-order valence-corrected chi connectivity index (χ2v) is 11.9. The van der Waals surface area contributed by atoms with Crippen molar-refractivity contribution in [1.29, 1.82) is 0 Å². The number of benzene rings is 1. The van der Waals surface area contributed by atoms with E-state index in [1.54, 1.807) is 31.3 Å². The first-order chi connectivity index (χ1) is 19.9. The lowest BCUT2D eigenvalue weighted by Crippen LogP contribution is -2.54. The van der Waals surface area contributed by atoms with E-state index in [0.717, 1.165) is 18.4 Å². The van der Waals surface area contributed by atoms with Crippen LogP contribution in [0.15, 0.2) is 54.7 Å². The Morgan fingerprint density at radius 2 is 1.60 bits per heavy atom. The first kappa shape index (κ1) is 32.4. The average molecular weight is 579 g/mol. The van der Waals surface area contributed by atoms with Crippen molar-refractivity contribution in [1.82, 2.24) is 20.9 Å². The van der Waals surface area contributed by atoms with Crippen molar-refractivity contribution >= 4 is 29.5 Å². The number of carbonyl (C=O) groups is 5. The molecular weight excluding hydrogens is 536 g/mol. The van der Waals surface area contributed by atoms with Gasteiger partial charge in [0.15, 0.2) is 0 Å². The molecule has 0 saturated heterocycles. The predicted molar refractivity (Wildman–Crippen MR) is 157 cm³/mol. The van der Waals surface area contributed by atoms with Crippen molar-refractivity contribution in [3.8, 4) is 0 Å². The lowest BCUT2D eigenvalue weighted by Gasteiger charge is -2.29. The Bertz CT molecular complexity index is 1220. The maximum Gasteiger partial charge on any atom is 0.306 e. The highest BCUT2D eigenvalue weighted by Crippen LogP contribution is 2.31. The van der Waals surface area contributed by atoms with Crippen LogP contribution in [0.4, 0.5) is 0 Å². The van der Waals surface area contributed by atoms with Crippen molar-refractivity contribution in [2.45, 2.75) is 90.4 Å². The lowest BCUT2D eigenvalue weighted by molar-refractivity contribution is -0.156. The third kappa shape index (κ3) is 10.7. The molecule has 0 unspecified atom stereocenters. The number of aromatic nitrogens is 1. The number of carbonyl (C=O) groups excluding carboxylic acids is 5. The minimum atomic E-state index is -1.12. The molecule has 0 spiro atoms. The Morgan fingerprint density at radius 1 is 0.929 bits per heavy atom. The van der Waals surface area contributed by atoms with Crippen LogP contribution in [0.25, 0.3) is 0 Å². The van der Waals surface area contributed by atoms with Gasteiger partial charge in [-0.3, -0.25) is 29.0 Å². The molecular formula is C32H42N4O6. The maximum absolute atomic E-state index is 13.1. The molecule has 10 nitrogen and oxygen atoms in total. The molecule has 3 N–H and O–H groups in total. The fraction of sp³-hybridized carbons (Fsp3) is 0.500. The summed E-state index contributed by atoms with van der Waals surface area (Å²) in [7, 11) is 0. The summed E-state index contributed by atoms with van der Waals surface area (Å²) in [6, 6.07) is 12.3. The van der Waals surface area contributed by atoms with Gasteiger partial charge in [-0.25, -0.2) is 0 Å². The summed E-state index contributed by atoms with van der Waals surface area (Å²) in [5, 5.41) is 7.99. The van der Waals surface area contributed by atoms with Crippen LogP contribution >= 0.6 is 0 Å². The van der Waals surface area contributed by atoms with Gasteiger partial charge >= 0.3 is 5.97 Å². The van der Waals surface area contributed by atoms with Crippen LogP contribution in [-0.4, -0.2) is 52.1 Å². The van der Waals surface area contributed by atoms with Gasteiger partial charge in [-0.1, -0.05) is 36.4 Å². The van der Waals surface area contributed by atoms with E-state index in [9.17, 15) is 24.0 Å². The molecule has 1 aliphatic carbocycles. The van der Waals surface area contributed by atoms with Crippen molar-refractivity contribution in [3.63, 3.8) is 0 Å². The fourth-order valence-corrected chi connectivity index (χ4v) is 4.92. The summed E-state index contributed by atoms with van der Waals surface area (Å²) in [4.78, 5) is 68.1. The summed E-state index contributed by atoms with van der Waals surface area (Å²) in [6.07, 6.45) is 4.70. The number of nitrogens with zero attached hydrogens (tertiary/aromatic N) is 1. The van der Waals surface area contributed by atoms with Crippen LogP contribution in [0.3, 0.4) is 0 Å². The van der Waals surface area contributed by atoms with E-state index in [0.29, 0.717) is 25.0 Å². The van der Waals surface area contributed by atoms with E-state index < -0.39 is 35.3 Å². The molecule has 1 heterocycles. The van der Waals surface area contributed by atoms with Crippen LogP contribution in [0, 0.1) is 11.8 Å². The van der Waals surface area contributed by atoms with E-state index in [2.05, 4.69) is 20.9 Å². The monoisotopic (exact) mass is 578 g/mol. The van der Waals surface area contributed by atoms with Crippen LogP contribution < -0.4 is 16.0 Å². The number of hydrogen-bond acceptors (Lipinski definition) is 7. The number of Topliss-reactive ketones (excluding diaryl/α,β-unsaturated/α-hetero) is 1. The summed E-state index contributed by atoms with van der Waals surface area (Å²) in [5.41, 5.74) is 0.838. The highest BCUT2D eigenvalue weighted by Gasteiger charge is 2.32. The second-order valence-electron chi connectivity index (χ2n) is 11.9. The number of pyridine rings is 1. The number of hydrogen-bond donors (Lipinski definition) is 3. The molecule has 3 amide bonds. The zero-order valence-electron chi connectivity index (χ0n) is 24.9. The third-order valence-electron chi connectivity index (χ3n) is 7.14. The van der Waals surface area contributed by atoms with Gasteiger partial charge in [0.1, 0.15) is 17.7 Å². The molecule has 2 atom stereocenters. The average Bonchev–Trinajstić information content (AvgIpc) is 2.95. The first-order valence-corrected chi connectivity index (χ1v) is 14.5. The normalized spacial score (nSPS) is 18.2. The summed E-state index contributed by atoms with van der Waals surface area (Å²) >= 11 is 0. The number of esters is 1. The number of nitrogens with one attached hydrogen (secondary N) is 3. The smallest absolute Gasteiger partial charge is 0.306 e. The Labute approximate surface area is 247 Å². The van der Waals surface area contributed by atoms with Gasteiger partial charge in [-0.15, -0.1) is 0 Å². The molecule has 1 aromatic carbocycles. The van der Waals surface area contributed by atoms with Crippen LogP contribution in [0.2, 0.25) is 0 Å². The molecule has 1 saturated carbocycles. The van der Waals surface area contributed by atoms with Crippen LogP contribution in [0.5, 0.6) is 0 Å². The lowest BCUT2D eigenvalue weighted by atomic mass is 9.80. The van der Waals surface area contributed by atoms with Crippen LogP contribution in [-0.2, 0) is 41.7 Å². The topological polar surface area (TPSA) is 144 Å². The Morgan fingerprint density at radius 3 is 2.21 bits per heavy atom. The number of amides is 3. The van der Waals surface area contributed by atoms with E-state index >= 15 is 0 Å². The number of ketones is 1. The van der Waals surface area contributed by atoms with Gasteiger partial charge in [-0.2, -0.15) is 0 Å². The molecule has 0 bridgehead atoms. The molecule has 1 aromatic heterocycles. The van der Waals surface area contributed by atoms with E-state index in [1.807, 2.05) is 51.1 Å². The largest absolute Gasteiger partial charge is 0.460 e. The van der Waals surface area contributed by atoms with E-state index in [1.165, 1.54) is 0 Å². The Kier molecular flexibility index (Phi) is 11.8. The maximum atomic E-state index is 13.1. The van der Waals surface area contributed by atoms with Gasteiger partial charge in [0.2, 0.25) is 17.6 Å². The predicted octanol–water partition coefficient (Wildman–Crippen LogP) is 3.04. The summed E-state index contributed by atoms with van der Waals surface area (Å²) in [6.45, 7) is 7.13. The highest BCUT2D eigenvalue weighted by atomic mass is 16.6. The minimum Gasteiger partial charge on any atom is -0.460 e. The molecule has 1 fully saturated rings. The van der Waals surface area contributed by atoms with Crippen molar-refractivity contribution < 1.29 is 28.7 Å². The van der Waals surface area contributed by atoms with Crippen molar-refractivity contribution in [2.24, 2.45) is 11.8 Å². The van der Waals surface area contributed by atoms with Crippen LogP contribution in [0.1, 0.15) is 71.1 Å². The molecule has 2 aromatic rings. The SMILES string of the molecule is C[C@@H](NC(=O)C1CCC(CC(=O)OC(C)(C)C)CC1)C(=O)N[C@H](Cc1ccccc1)C(=O)C(=O)NCc1ccccn1. The highest BCUT2D eigenvalue weighted by molar-refractivity contribution is 6.38. The molecule has 0 aliphatic heterocycles. The first-order valence-electron chi connectivity index (χ1n) is 14.5. The third-order valence-corrected chi connectivity index (χ3v) is 7.14. The standard InChI is InChI=1S/C32H42N4O6/c1-21(35-30(40)24-15-13-23(14-16-24)19-27(37)42-32(2,3)4)29(39)36-26(18-22-10-6-5-7-11-22)28(38)31(41)34-20-25-12-8-9-17-33-25/h5-12,17,21,23-24,26H,13-16,18-20H2,1-4H3,(H,34,41)(H,35,40)(H,36,39)/t21-,23?,24?,26-/m1/s1.